The van der Waals surface area contributed by atoms with Gasteiger partial charge in [0.1, 0.15) is 5.84 Å². The van der Waals surface area contributed by atoms with Crippen LogP contribution in [0.5, 0.6) is 0 Å². The second-order valence-electron chi connectivity index (χ2n) is 7.79. The Labute approximate surface area is 163 Å². The number of nitrogens with one attached hydrogen (secondary N) is 1. The van der Waals surface area contributed by atoms with Gasteiger partial charge in [0.25, 0.3) is 0 Å². The van der Waals surface area contributed by atoms with E-state index in [1.165, 1.54) is 25.8 Å². The number of thiophene rings is 1. The summed E-state index contributed by atoms with van der Waals surface area (Å²) in [5, 5.41) is 9.10. The number of fused-ring (bicyclic) bond motifs is 4. The first-order valence-electron chi connectivity index (χ1n) is 9.38. The minimum atomic E-state index is -0.0663. The van der Waals surface area contributed by atoms with E-state index in [9.17, 15) is 0 Å². The fraction of sp³-hybridized carbons (Fsp3) is 0.429. The van der Waals surface area contributed by atoms with Crippen LogP contribution in [0.4, 0.5) is 0 Å². The molecule has 5 rings (SSSR count). The predicted octanol–water partition coefficient (Wildman–Crippen LogP) is 5.73. The summed E-state index contributed by atoms with van der Waals surface area (Å²) in [6.07, 6.45) is 12.4. The van der Waals surface area contributed by atoms with E-state index in [1.807, 2.05) is 11.3 Å². The van der Waals surface area contributed by atoms with Gasteiger partial charge in [0.2, 0.25) is 0 Å². The number of nitrogens with zero attached hydrogens (tertiary/aromatic N) is 2. The maximum absolute atomic E-state index is 8.47. The molecule has 2 unspecified atom stereocenters. The van der Waals surface area contributed by atoms with Crippen LogP contribution in [0.3, 0.4) is 0 Å². The van der Waals surface area contributed by atoms with Crippen LogP contribution < -0.4 is 0 Å². The van der Waals surface area contributed by atoms with E-state index in [2.05, 4.69) is 49.1 Å². The van der Waals surface area contributed by atoms with Crippen molar-refractivity contribution < 1.29 is 0 Å². The van der Waals surface area contributed by atoms with Crippen molar-refractivity contribution in [2.24, 2.45) is 10.4 Å². The molecule has 4 aliphatic rings. The monoisotopic (exact) mass is 381 g/mol. The van der Waals surface area contributed by atoms with Crippen LogP contribution in [0.25, 0.3) is 11.6 Å². The van der Waals surface area contributed by atoms with Crippen LogP contribution in [0.15, 0.2) is 34.2 Å². The molecule has 2 aliphatic heterocycles. The van der Waals surface area contributed by atoms with Gasteiger partial charge in [-0.3, -0.25) is 10.4 Å². The lowest BCUT2D eigenvalue weighted by molar-refractivity contribution is 0.453. The summed E-state index contributed by atoms with van der Waals surface area (Å²) in [4.78, 5) is 11.1. The van der Waals surface area contributed by atoms with Gasteiger partial charge in [-0.15, -0.1) is 11.3 Å². The fourth-order valence-corrected chi connectivity index (χ4v) is 6.61. The van der Waals surface area contributed by atoms with E-state index >= 15 is 0 Å². The molecule has 134 valence electrons. The van der Waals surface area contributed by atoms with E-state index in [0.717, 1.165) is 38.2 Å². The smallest absolute Gasteiger partial charge is 0.166 e. The Morgan fingerprint density at radius 3 is 3.12 bits per heavy atom. The van der Waals surface area contributed by atoms with Gasteiger partial charge in [0.15, 0.2) is 5.17 Å². The molecule has 0 bridgehead atoms. The van der Waals surface area contributed by atoms with Crippen LogP contribution in [-0.4, -0.2) is 29.0 Å². The summed E-state index contributed by atoms with van der Waals surface area (Å²) in [6.45, 7) is 6.45. The van der Waals surface area contributed by atoms with Crippen LogP contribution in [-0.2, 0) is 0 Å². The SMILES string of the molecule is CC1CC=Cc2cc(C3=CCC4(C)C(=C3)SC(=N)N3CCCN=C34)sc21. The average molecular weight is 382 g/mol. The third-order valence-electron chi connectivity index (χ3n) is 5.87. The molecule has 5 heteroatoms. The molecule has 0 radical (unpaired) electrons. The van der Waals surface area contributed by atoms with Crippen LogP contribution >= 0.6 is 23.1 Å². The topological polar surface area (TPSA) is 39.5 Å². The van der Waals surface area contributed by atoms with Crippen molar-refractivity contribution in [3.05, 3.63) is 44.5 Å². The van der Waals surface area contributed by atoms with E-state index in [1.54, 1.807) is 11.8 Å². The molecule has 2 atom stereocenters. The number of thioether (sulfide) groups is 1. The lowest BCUT2D eigenvalue weighted by atomic mass is 9.78. The lowest BCUT2D eigenvalue weighted by Crippen LogP contribution is -2.51. The third kappa shape index (κ3) is 2.40. The maximum Gasteiger partial charge on any atom is 0.166 e. The number of hydrogen-bond acceptors (Lipinski definition) is 4. The second-order valence-corrected chi connectivity index (χ2v) is 9.91. The van der Waals surface area contributed by atoms with Gasteiger partial charge in [-0.25, -0.2) is 0 Å². The molecule has 1 fully saturated rings. The molecular formula is C21H23N3S2. The summed E-state index contributed by atoms with van der Waals surface area (Å²) in [5.41, 5.74) is 2.65. The van der Waals surface area contributed by atoms with Crippen molar-refractivity contribution in [1.82, 2.24) is 4.90 Å². The molecule has 0 saturated carbocycles. The van der Waals surface area contributed by atoms with Gasteiger partial charge in [-0.2, -0.15) is 0 Å². The highest BCUT2D eigenvalue weighted by Crippen LogP contribution is 2.51. The fourth-order valence-electron chi connectivity index (χ4n) is 4.31. The van der Waals surface area contributed by atoms with Crippen LogP contribution in [0, 0.1) is 10.8 Å². The largest absolute Gasteiger partial charge is 0.309 e. The standard InChI is InChI=1S/C21H23N3S2/c1-13-5-3-6-15-11-16(25-18(13)15)14-7-8-21(2)17(12-14)26-20(22)24-10-4-9-23-19(21)24/h3,6-7,11-13,22H,4-5,8-10H2,1-2H3. The molecule has 1 aromatic rings. The molecule has 0 amide bonds. The normalized spacial score (nSPS) is 30.1. The number of aliphatic imine (C=N–C) groups is 1. The van der Waals surface area contributed by atoms with Crippen molar-refractivity contribution in [1.29, 1.82) is 5.41 Å². The summed E-state index contributed by atoms with van der Waals surface area (Å²) in [7, 11) is 0. The zero-order valence-corrected chi connectivity index (χ0v) is 16.8. The quantitative estimate of drug-likeness (QED) is 0.674. The minimum Gasteiger partial charge on any atom is -0.309 e. The molecule has 3 heterocycles. The van der Waals surface area contributed by atoms with Gasteiger partial charge in [0.05, 0.1) is 5.41 Å². The lowest BCUT2D eigenvalue weighted by Gasteiger charge is -2.46. The summed E-state index contributed by atoms with van der Waals surface area (Å²) in [6, 6.07) is 2.35. The van der Waals surface area contributed by atoms with Crippen molar-refractivity contribution in [3.8, 4) is 0 Å². The molecule has 26 heavy (non-hydrogen) atoms. The summed E-state index contributed by atoms with van der Waals surface area (Å²) < 4.78 is 0. The van der Waals surface area contributed by atoms with Crippen molar-refractivity contribution >= 4 is 45.8 Å². The average Bonchev–Trinajstić information content (AvgIpc) is 3.09. The Hall–Kier alpha value is -1.59. The third-order valence-corrected chi connectivity index (χ3v) is 8.51. The highest BCUT2D eigenvalue weighted by molar-refractivity contribution is 8.17. The zero-order chi connectivity index (χ0) is 17.9. The van der Waals surface area contributed by atoms with Gasteiger partial charge >= 0.3 is 0 Å². The van der Waals surface area contributed by atoms with Gasteiger partial charge in [0, 0.05) is 27.7 Å². The minimum absolute atomic E-state index is 0.0663. The predicted molar refractivity (Wildman–Crippen MR) is 114 cm³/mol. The van der Waals surface area contributed by atoms with Crippen LogP contribution in [0.2, 0.25) is 0 Å². The zero-order valence-electron chi connectivity index (χ0n) is 15.2. The van der Waals surface area contributed by atoms with Gasteiger partial charge in [-0.05, 0) is 55.4 Å². The Morgan fingerprint density at radius 2 is 2.27 bits per heavy atom. The Kier molecular flexibility index (Phi) is 3.80. The molecule has 2 aliphatic carbocycles. The molecular weight excluding hydrogens is 358 g/mol. The van der Waals surface area contributed by atoms with Crippen molar-refractivity contribution in [3.63, 3.8) is 0 Å². The number of hydrogen-bond donors (Lipinski definition) is 1. The Morgan fingerprint density at radius 1 is 1.38 bits per heavy atom. The number of amidine groups is 2. The first kappa shape index (κ1) is 16.6. The molecule has 3 nitrogen and oxygen atoms in total. The highest BCUT2D eigenvalue weighted by atomic mass is 32.2. The van der Waals surface area contributed by atoms with E-state index in [4.69, 9.17) is 10.4 Å². The molecule has 1 saturated heterocycles. The number of rotatable bonds is 1. The molecule has 0 spiro atoms. The van der Waals surface area contributed by atoms with Gasteiger partial charge < -0.3 is 4.90 Å². The molecule has 0 aromatic carbocycles. The van der Waals surface area contributed by atoms with E-state index < -0.39 is 0 Å². The van der Waals surface area contributed by atoms with Gasteiger partial charge in [-0.1, -0.05) is 36.9 Å². The molecule has 1 N–H and O–H groups in total. The first-order valence-corrected chi connectivity index (χ1v) is 11.0. The van der Waals surface area contributed by atoms with E-state index in [0.29, 0.717) is 11.1 Å². The van der Waals surface area contributed by atoms with Crippen LogP contribution in [0.1, 0.15) is 54.3 Å². The molecule has 1 aromatic heterocycles. The van der Waals surface area contributed by atoms with Crippen molar-refractivity contribution in [2.75, 3.05) is 13.1 Å². The van der Waals surface area contributed by atoms with E-state index in [-0.39, 0.29) is 5.41 Å². The first-order chi connectivity index (χ1) is 12.6. The Balaban J connectivity index is 1.53. The maximum atomic E-state index is 8.47. The number of allylic oxidation sites excluding steroid dienone is 4. The summed E-state index contributed by atoms with van der Waals surface area (Å²) >= 11 is 3.57. The Bertz CT molecular complexity index is 918. The highest BCUT2D eigenvalue weighted by Gasteiger charge is 2.46. The summed E-state index contributed by atoms with van der Waals surface area (Å²) in [5.74, 6) is 1.73. The second kappa shape index (κ2) is 5.96. The van der Waals surface area contributed by atoms with Crippen molar-refractivity contribution in [2.45, 2.75) is 39.0 Å².